The summed E-state index contributed by atoms with van der Waals surface area (Å²) in [7, 11) is 2.85. The molecule has 0 saturated heterocycles. The molecule has 0 aromatic heterocycles. The first-order chi connectivity index (χ1) is 7.58. The zero-order valence-corrected chi connectivity index (χ0v) is 9.95. The quantitative estimate of drug-likeness (QED) is 0.812. The number of ether oxygens (including phenoxy) is 2. The molecule has 0 spiro atoms. The van der Waals surface area contributed by atoms with Crippen LogP contribution in [0, 0.1) is 0 Å². The lowest BCUT2D eigenvalue weighted by molar-refractivity contribution is -0.142. The number of benzene rings is 1. The van der Waals surface area contributed by atoms with Gasteiger partial charge in [-0.15, -0.1) is 0 Å². The number of hydrogen-bond acceptors (Lipinski definition) is 4. The van der Waals surface area contributed by atoms with Crippen molar-refractivity contribution in [2.24, 2.45) is 5.73 Å². The number of methoxy groups -OCH3 is 2. The number of rotatable bonds is 4. The fraction of sp³-hybridized carbons (Fsp3) is 0.364. The smallest absolute Gasteiger partial charge is 0.322 e. The van der Waals surface area contributed by atoms with Gasteiger partial charge in [-0.3, -0.25) is 4.79 Å². The van der Waals surface area contributed by atoms with E-state index in [1.165, 1.54) is 7.11 Å². The van der Waals surface area contributed by atoms with E-state index in [1.54, 1.807) is 19.2 Å². The topological polar surface area (TPSA) is 61.5 Å². The number of carbonyl (C=O) groups excluding carboxylic acids is 1. The first-order valence-electron chi connectivity index (χ1n) is 4.74. The molecule has 0 saturated carbocycles. The average Bonchev–Trinajstić information content (AvgIpc) is 2.28. The summed E-state index contributed by atoms with van der Waals surface area (Å²) < 4.78 is 9.56. The van der Waals surface area contributed by atoms with Gasteiger partial charge in [0.1, 0.15) is 11.8 Å². The van der Waals surface area contributed by atoms with Crippen LogP contribution in [0.3, 0.4) is 0 Å². The lowest BCUT2D eigenvalue weighted by atomic mass is 10.1. The fourth-order valence-corrected chi connectivity index (χ4v) is 1.61. The highest BCUT2D eigenvalue weighted by Crippen LogP contribution is 2.25. The second-order valence-electron chi connectivity index (χ2n) is 3.30. The van der Waals surface area contributed by atoms with Crippen molar-refractivity contribution in [3.8, 4) is 5.75 Å². The Labute approximate surface area is 99.3 Å². The zero-order chi connectivity index (χ0) is 12.1. The third-order valence-electron chi connectivity index (χ3n) is 2.18. The Morgan fingerprint density at radius 1 is 1.50 bits per heavy atom. The standard InChI is InChI=1S/C11H14ClNO3/c1-15-10-4-3-7(5-8(10)12)6-9(13)11(14)16-2/h3-5,9H,6,13H2,1-2H3/t9-/m0/s1. The maximum absolute atomic E-state index is 11.1. The van der Waals surface area contributed by atoms with Crippen LogP contribution in [0.5, 0.6) is 5.75 Å². The van der Waals surface area contributed by atoms with E-state index in [0.717, 1.165) is 5.56 Å². The van der Waals surface area contributed by atoms with Crippen molar-refractivity contribution in [2.75, 3.05) is 14.2 Å². The number of nitrogens with two attached hydrogens (primary N) is 1. The van der Waals surface area contributed by atoms with E-state index in [1.807, 2.05) is 6.07 Å². The molecule has 4 nitrogen and oxygen atoms in total. The van der Waals surface area contributed by atoms with E-state index in [4.69, 9.17) is 22.1 Å². The molecular formula is C11H14ClNO3. The maximum Gasteiger partial charge on any atom is 0.322 e. The van der Waals surface area contributed by atoms with Gasteiger partial charge in [-0.05, 0) is 24.1 Å². The van der Waals surface area contributed by atoms with Crippen LogP contribution in [0.15, 0.2) is 18.2 Å². The van der Waals surface area contributed by atoms with Crippen LogP contribution in [0.25, 0.3) is 0 Å². The van der Waals surface area contributed by atoms with E-state index in [0.29, 0.717) is 17.2 Å². The van der Waals surface area contributed by atoms with Crippen molar-refractivity contribution >= 4 is 17.6 Å². The highest BCUT2D eigenvalue weighted by Gasteiger charge is 2.14. The van der Waals surface area contributed by atoms with Crippen molar-refractivity contribution in [3.63, 3.8) is 0 Å². The van der Waals surface area contributed by atoms with Crippen molar-refractivity contribution in [1.29, 1.82) is 0 Å². The zero-order valence-electron chi connectivity index (χ0n) is 9.20. The Morgan fingerprint density at radius 3 is 2.69 bits per heavy atom. The van der Waals surface area contributed by atoms with Crippen LogP contribution in [-0.4, -0.2) is 26.2 Å². The molecule has 0 aliphatic carbocycles. The van der Waals surface area contributed by atoms with Crippen LogP contribution in [0.4, 0.5) is 0 Å². The Bertz CT molecular complexity index is 381. The summed E-state index contributed by atoms with van der Waals surface area (Å²) in [4.78, 5) is 11.1. The van der Waals surface area contributed by atoms with Gasteiger partial charge in [0.15, 0.2) is 0 Å². The molecule has 1 aromatic rings. The molecular weight excluding hydrogens is 230 g/mol. The van der Waals surface area contributed by atoms with Gasteiger partial charge in [0, 0.05) is 0 Å². The second-order valence-corrected chi connectivity index (χ2v) is 3.71. The summed E-state index contributed by atoms with van der Waals surface area (Å²) in [5, 5.41) is 0.497. The normalized spacial score (nSPS) is 12.0. The molecule has 1 aromatic carbocycles. The van der Waals surface area contributed by atoms with Crippen LogP contribution >= 0.6 is 11.6 Å². The predicted octanol–water partition coefficient (Wildman–Crippen LogP) is 1.39. The van der Waals surface area contributed by atoms with Crippen molar-refractivity contribution in [1.82, 2.24) is 0 Å². The molecule has 0 amide bonds. The van der Waals surface area contributed by atoms with Gasteiger partial charge in [-0.1, -0.05) is 17.7 Å². The van der Waals surface area contributed by atoms with E-state index < -0.39 is 12.0 Å². The number of carbonyl (C=O) groups is 1. The Balaban J connectivity index is 2.75. The average molecular weight is 244 g/mol. The Morgan fingerprint density at radius 2 is 2.19 bits per heavy atom. The highest BCUT2D eigenvalue weighted by molar-refractivity contribution is 6.32. The molecule has 0 aliphatic heterocycles. The van der Waals surface area contributed by atoms with Gasteiger partial charge >= 0.3 is 5.97 Å². The molecule has 88 valence electrons. The number of halogens is 1. The minimum Gasteiger partial charge on any atom is -0.495 e. The summed E-state index contributed by atoms with van der Waals surface area (Å²) in [5.41, 5.74) is 6.50. The predicted molar refractivity (Wildman–Crippen MR) is 61.7 cm³/mol. The molecule has 5 heteroatoms. The van der Waals surface area contributed by atoms with E-state index in [9.17, 15) is 4.79 Å². The van der Waals surface area contributed by atoms with Gasteiger partial charge in [-0.25, -0.2) is 0 Å². The number of hydrogen-bond donors (Lipinski definition) is 1. The maximum atomic E-state index is 11.1. The molecule has 0 bridgehead atoms. The van der Waals surface area contributed by atoms with Gasteiger partial charge in [0.2, 0.25) is 0 Å². The third-order valence-corrected chi connectivity index (χ3v) is 2.47. The largest absolute Gasteiger partial charge is 0.495 e. The molecule has 1 atom stereocenters. The minimum atomic E-state index is -0.672. The molecule has 0 unspecified atom stereocenters. The first kappa shape index (κ1) is 12.8. The summed E-state index contributed by atoms with van der Waals surface area (Å²) >= 11 is 5.94. The van der Waals surface area contributed by atoms with Gasteiger partial charge in [-0.2, -0.15) is 0 Å². The summed E-state index contributed by atoms with van der Waals surface area (Å²) in [6.07, 6.45) is 0.385. The van der Waals surface area contributed by atoms with Crippen LogP contribution < -0.4 is 10.5 Å². The van der Waals surface area contributed by atoms with E-state index in [-0.39, 0.29) is 0 Å². The minimum absolute atomic E-state index is 0.385. The van der Waals surface area contributed by atoms with Crippen LogP contribution in [0.1, 0.15) is 5.56 Å². The van der Waals surface area contributed by atoms with Crippen molar-refractivity contribution in [3.05, 3.63) is 28.8 Å². The molecule has 16 heavy (non-hydrogen) atoms. The summed E-state index contributed by atoms with van der Waals surface area (Å²) in [6.45, 7) is 0. The SMILES string of the molecule is COC(=O)[C@@H](N)Cc1ccc(OC)c(Cl)c1. The van der Waals surface area contributed by atoms with E-state index in [2.05, 4.69) is 4.74 Å². The lowest BCUT2D eigenvalue weighted by Gasteiger charge is -2.10. The first-order valence-corrected chi connectivity index (χ1v) is 5.12. The molecule has 0 aliphatic rings. The fourth-order valence-electron chi connectivity index (χ4n) is 1.33. The third kappa shape index (κ3) is 3.12. The van der Waals surface area contributed by atoms with Crippen molar-refractivity contribution in [2.45, 2.75) is 12.5 Å². The summed E-state index contributed by atoms with van der Waals surface area (Å²) in [5.74, 6) is 0.156. The van der Waals surface area contributed by atoms with Gasteiger partial charge in [0.25, 0.3) is 0 Å². The van der Waals surface area contributed by atoms with Gasteiger partial charge in [0.05, 0.1) is 19.2 Å². The molecule has 1 rings (SSSR count). The van der Waals surface area contributed by atoms with Gasteiger partial charge < -0.3 is 15.2 Å². The molecule has 0 fully saturated rings. The van der Waals surface area contributed by atoms with Crippen LogP contribution in [0.2, 0.25) is 5.02 Å². The Kier molecular flexibility index (Phi) is 4.58. The highest BCUT2D eigenvalue weighted by atomic mass is 35.5. The van der Waals surface area contributed by atoms with Crippen molar-refractivity contribution < 1.29 is 14.3 Å². The molecule has 0 heterocycles. The Hall–Kier alpha value is -1.26. The lowest BCUT2D eigenvalue weighted by Crippen LogP contribution is -2.33. The summed E-state index contributed by atoms with van der Waals surface area (Å²) in [6, 6.07) is 4.60. The molecule has 2 N–H and O–H groups in total. The monoisotopic (exact) mass is 243 g/mol. The van der Waals surface area contributed by atoms with E-state index >= 15 is 0 Å². The van der Waals surface area contributed by atoms with Crippen LogP contribution in [-0.2, 0) is 16.0 Å². The second kappa shape index (κ2) is 5.72. The number of esters is 1. The molecule has 0 radical (unpaired) electrons.